The van der Waals surface area contributed by atoms with Gasteiger partial charge in [0.25, 0.3) is 5.91 Å². The van der Waals surface area contributed by atoms with Gasteiger partial charge in [0.1, 0.15) is 11.6 Å². The molecule has 0 saturated carbocycles. The summed E-state index contributed by atoms with van der Waals surface area (Å²) in [6.07, 6.45) is 5.79. The molecule has 1 aromatic heterocycles. The van der Waals surface area contributed by atoms with Crippen molar-refractivity contribution in [2.45, 2.75) is 12.5 Å². The number of carbonyl (C=O) groups is 2. The van der Waals surface area contributed by atoms with Gasteiger partial charge in [0.05, 0.1) is 5.56 Å². The van der Waals surface area contributed by atoms with Crippen LogP contribution < -0.4 is 5.32 Å². The van der Waals surface area contributed by atoms with Gasteiger partial charge >= 0.3 is 5.97 Å². The van der Waals surface area contributed by atoms with E-state index in [-0.39, 0.29) is 17.7 Å². The molecule has 4 rings (SSSR count). The zero-order valence-corrected chi connectivity index (χ0v) is 17.6. The summed E-state index contributed by atoms with van der Waals surface area (Å²) in [4.78, 5) is 24.6. The van der Waals surface area contributed by atoms with Gasteiger partial charge < -0.3 is 14.8 Å². The Labute approximate surface area is 189 Å². The van der Waals surface area contributed by atoms with Crippen molar-refractivity contribution in [2.24, 2.45) is 0 Å². The maximum absolute atomic E-state index is 12.9. The Morgan fingerprint density at radius 1 is 1.03 bits per heavy atom. The van der Waals surface area contributed by atoms with Gasteiger partial charge in [-0.2, -0.15) is 0 Å². The predicted octanol–water partition coefficient (Wildman–Crippen LogP) is 5.16. The molecule has 0 spiro atoms. The molecule has 158 valence electrons. The van der Waals surface area contributed by atoms with E-state index in [2.05, 4.69) is 11.2 Å². The number of rotatable bonds is 6. The first kappa shape index (κ1) is 21.2. The van der Waals surface area contributed by atoms with Crippen LogP contribution in [0.4, 0.5) is 0 Å². The first-order valence-electron chi connectivity index (χ1n) is 9.83. The van der Waals surface area contributed by atoms with Gasteiger partial charge in [-0.1, -0.05) is 66.1 Å². The molecule has 6 heteroatoms. The second kappa shape index (κ2) is 9.01. The van der Waals surface area contributed by atoms with Crippen LogP contribution in [0.5, 0.6) is 0 Å². The number of hydrogen-bond acceptors (Lipinski definition) is 3. The number of terminal acetylenes is 1. The molecule has 0 saturated heterocycles. The largest absolute Gasteiger partial charge is 0.480 e. The molecular weight excluding hydrogens is 426 g/mol. The van der Waals surface area contributed by atoms with E-state index in [0.717, 1.165) is 16.7 Å². The number of benzene rings is 3. The van der Waals surface area contributed by atoms with Crippen LogP contribution in [0.2, 0.25) is 5.02 Å². The first-order chi connectivity index (χ1) is 15.5. The fourth-order valence-electron chi connectivity index (χ4n) is 3.50. The lowest BCUT2D eigenvalue weighted by Crippen LogP contribution is -2.42. The number of carbonyl (C=O) groups excluding carboxylic acids is 1. The van der Waals surface area contributed by atoms with Crippen LogP contribution >= 0.6 is 11.6 Å². The normalized spacial score (nSPS) is 11.6. The van der Waals surface area contributed by atoms with Gasteiger partial charge in [-0.25, -0.2) is 4.79 Å². The molecule has 0 radical (unpaired) electrons. The van der Waals surface area contributed by atoms with Crippen LogP contribution in [-0.4, -0.2) is 23.0 Å². The molecule has 0 aliphatic rings. The molecule has 0 bridgehead atoms. The van der Waals surface area contributed by atoms with E-state index in [1.165, 1.54) is 0 Å². The molecule has 1 heterocycles. The number of aliphatic carboxylic acids is 1. The SMILES string of the molecule is C#Cc1c(C(=O)NC(Cc2ccccc2)C(=O)O)oc2cc(-c3ccc(Cl)cc3)ccc12. The number of halogens is 1. The van der Waals surface area contributed by atoms with E-state index in [9.17, 15) is 14.7 Å². The number of hydrogen-bond donors (Lipinski definition) is 2. The Balaban J connectivity index is 1.65. The number of carboxylic acids is 1. The fourth-order valence-corrected chi connectivity index (χ4v) is 3.62. The maximum atomic E-state index is 12.9. The average molecular weight is 444 g/mol. The fraction of sp³-hybridized carbons (Fsp3) is 0.0769. The first-order valence-corrected chi connectivity index (χ1v) is 10.2. The van der Waals surface area contributed by atoms with Crippen LogP contribution in [0.25, 0.3) is 22.1 Å². The van der Waals surface area contributed by atoms with Crippen LogP contribution in [-0.2, 0) is 11.2 Å². The van der Waals surface area contributed by atoms with Gasteiger partial charge in [0.15, 0.2) is 0 Å². The van der Waals surface area contributed by atoms with E-state index in [1.807, 2.05) is 36.4 Å². The molecular formula is C26H18ClNO4. The Morgan fingerprint density at radius 3 is 2.38 bits per heavy atom. The third-order valence-corrected chi connectivity index (χ3v) is 5.36. The van der Waals surface area contributed by atoms with Crippen molar-refractivity contribution in [1.82, 2.24) is 5.32 Å². The highest BCUT2D eigenvalue weighted by Crippen LogP contribution is 2.30. The molecule has 5 nitrogen and oxygen atoms in total. The Morgan fingerprint density at radius 2 is 1.72 bits per heavy atom. The number of furan rings is 1. The summed E-state index contributed by atoms with van der Waals surface area (Å²) in [5.41, 5.74) is 3.30. The van der Waals surface area contributed by atoms with E-state index < -0.39 is 17.9 Å². The quantitative estimate of drug-likeness (QED) is 0.403. The summed E-state index contributed by atoms with van der Waals surface area (Å²) >= 11 is 5.96. The highest BCUT2D eigenvalue weighted by Gasteiger charge is 2.26. The smallest absolute Gasteiger partial charge is 0.326 e. The van der Waals surface area contributed by atoms with Crippen molar-refractivity contribution in [1.29, 1.82) is 0 Å². The molecule has 32 heavy (non-hydrogen) atoms. The van der Waals surface area contributed by atoms with Crippen LogP contribution in [0.3, 0.4) is 0 Å². The lowest BCUT2D eigenvalue weighted by Gasteiger charge is -2.14. The lowest BCUT2D eigenvalue weighted by molar-refractivity contribution is -0.139. The zero-order chi connectivity index (χ0) is 22.7. The topological polar surface area (TPSA) is 79.5 Å². The van der Waals surface area contributed by atoms with Crippen molar-refractivity contribution >= 4 is 34.4 Å². The molecule has 1 unspecified atom stereocenters. The standard InChI is InChI=1S/C26H18ClNO4/c1-2-20-21-13-10-18(17-8-11-19(27)12-9-17)15-23(21)32-24(20)25(29)28-22(26(30)31)14-16-6-4-3-5-7-16/h1,3-13,15,22H,14H2,(H,28,29)(H,30,31). The zero-order valence-electron chi connectivity index (χ0n) is 16.8. The summed E-state index contributed by atoms with van der Waals surface area (Å²) in [7, 11) is 0. The third-order valence-electron chi connectivity index (χ3n) is 5.10. The van der Waals surface area contributed by atoms with Gasteiger partial charge in [-0.05, 0) is 41.0 Å². The second-order valence-corrected chi connectivity index (χ2v) is 7.66. The van der Waals surface area contributed by atoms with Gasteiger partial charge in [0, 0.05) is 16.8 Å². The van der Waals surface area contributed by atoms with Crippen molar-refractivity contribution in [3.8, 4) is 23.5 Å². The summed E-state index contributed by atoms with van der Waals surface area (Å²) in [5, 5.41) is 13.3. The van der Waals surface area contributed by atoms with Crippen LogP contribution in [0.15, 0.2) is 77.2 Å². The third kappa shape index (κ3) is 4.36. The van der Waals surface area contributed by atoms with Crippen molar-refractivity contribution in [3.05, 3.63) is 94.7 Å². The summed E-state index contributed by atoms with van der Waals surface area (Å²) < 4.78 is 5.80. The molecule has 3 aromatic carbocycles. The number of amides is 1. The monoisotopic (exact) mass is 443 g/mol. The molecule has 1 amide bonds. The second-order valence-electron chi connectivity index (χ2n) is 7.22. The Bertz CT molecular complexity index is 1330. The molecule has 0 fully saturated rings. The highest BCUT2D eigenvalue weighted by atomic mass is 35.5. The van der Waals surface area contributed by atoms with Crippen LogP contribution in [0, 0.1) is 12.3 Å². The van der Waals surface area contributed by atoms with Gasteiger partial charge in [-0.3, -0.25) is 4.79 Å². The number of nitrogens with one attached hydrogen (secondary N) is 1. The minimum Gasteiger partial charge on any atom is -0.480 e. The minimum absolute atomic E-state index is 0.0879. The van der Waals surface area contributed by atoms with Gasteiger partial charge in [0.2, 0.25) is 5.76 Å². The number of fused-ring (bicyclic) bond motifs is 1. The number of carboxylic acid groups (broad SMARTS) is 1. The maximum Gasteiger partial charge on any atom is 0.326 e. The highest BCUT2D eigenvalue weighted by molar-refractivity contribution is 6.30. The molecule has 0 aliphatic heterocycles. The summed E-state index contributed by atoms with van der Waals surface area (Å²) in [6.45, 7) is 0. The molecule has 1 atom stereocenters. The van der Waals surface area contributed by atoms with E-state index in [4.69, 9.17) is 22.4 Å². The summed E-state index contributed by atoms with van der Waals surface area (Å²) in [6, 6.07) is 20.7. The van der Waals surface area contributed by atoms with E-state index in [1.54, 1.807) is 36.4 Å². The molecule has 4 aromatic rings. The van der Waals surface area contributed by atoms with Crippen molar-refractivity contribution in [3.63, 3.8) is 0 Å². The van der Waals surface area contributed by atoms with E-state index >= 15 is 0 Å². The average Bonchev–Trinajstić information content (AvgIpc) is 3.17. The summed E-state index contributed by atoms with van der Waals surface area (Å²) in [5.74, 6) is 0.588. The molecule has 2 N–H and O–H groups in total. The van der Waals surface area contributed by atoms with Crippen molar-refractivity contribution < 1.29 is 19.1 Å². The molecule has 0 aliphatic carbocycles. The van der Waals surface area contributed by atoms with Crippen molar-refractivity contribution in [2.75, 3.05) is 0 Å². The van der Waals surface area contributed by atoms with Crippen LogP contribution in [0.1, 0.15) is 21.7 Å². The van der Waals surface area contributed by atoms with E-state index in [0.29, 0.717) is 16.0 Å². The Hall–Kier alpha value is -4.01. The van der Waals surface area contributed by atoms with Gasteiger partial charge in [-0.15, -0.1) is 6.42 Å². The Kier molecular flexibility index (Phi) is 5.98. The lowest BCUT2D eigenvalue weighted by atomic mass is 10.0. The predicted molar refractivity (Wildman–Crippen MR) is 124 cm³/mol. The minimum atomic E-state index is -1.15.